The van der Waals surface area contributed by atoms with Gasteiger partial charge in [-0.2, -0.15) is 0 Å². The van der Waals surface area contributed by atoms with Crippen LogP contribution in [0.5, 0.6) is 0 Å². The van der Waals surface area contributed by atoms with Crippen molar-refractivity contribution >= 4 is 6.21 Å². The van der Waals surface area contributed by atoms with E-state index in [4.69, 9.17) is 4.99 Å². The van der Waals surface area contributed by atoms with Gasteiger partial charge in [0.2, 0.25) is 0 Å². The Hall–Kier alpha value is -1.11. The van der Waals surface area contributed by atoms with Crippen LogP contribution in [-0.4, -0.2) is 12.3 Å². The Balaban J connectivity index is 3.28. The molecule has 1 heteroatoms. The molecule has 0 bridgehead atoms. The first-order valence-corrected chi connectivity index (χ1v) is 8.40. The molecule has 0 aliphatic carbocycles. The van der Waals surface area contributed by atoms with Gasteiger partial charge in [-0.3, -0.25) is 4.99 Å². The highest BCUT2D eigenvalue weighted by Gasteiger charge is 2.21. The summed E-state index contributed by atoms with van der Waals surface area (Å²) in [5, 5.41) is 0. The third-order valence-corrected chi connectivity index (χ3v) is 4.39. The molecule has 0 radical (unpaired) electrons. The van der Waals surface area contributed by atoms with Crippen molar-refractivity contribution in [2.24, 2.45) is 10.4 Å². The second-order valence-corrected chi connectivity index (χ2v) is 9.66. The van der Waals surface area contributed by atoms with E-state index in [1.165, 1.54) is 16.7 Å². The minimum absolute atomic E-state index is 0.152. The van der Waals surface area contributed by atoms with Crippen molar-refractivity contribution in [3.63, 3.8) is 0 Å². The van der Waals surface area contributed by atoms with Gasteiger partial charge in [0.05, 0.1) is 6.04 Å². The summed E-state index contributed by atoms with van der Waals surface area (Å²) in [5.74, 6) is 0. The molecule has 0 aliphatic heterocycles. The number of hydrogen-bond acceptors (Lipinski definition) is 1. The Labute approximate surface area is 138 Å². The quantitative estimate of drug-likeness (QED) is 0.582. The molecule has 0 unspecified atom stereocenters. The lowest BCUT2D eigenvalue weighted by atomic mass is 9.79. The third kappa shape index (κ3) is 5.26. The van der Waals surface area contributed by atoms with E-state index < -0.39 is 0 Å². The highest BCUT2D eigenvalue weighted by atomic mass is 14.8. The summed E-state index contributed by atoms with van der Waals surface area (Å²) >= 11 is 0. The summed E-state index contributed by atoms with van der Waals surface area (Å²) < 4.78 is 0. The Morgan fingerprint density at radius 2 is 1.18 bits per heavy atom. The van der Waals surface area contributed by atoms with Gasteiger partial charge in [0.1, 0.15) is 0 Å². The molecule has 0 N–H and O–H groups in total. The molecular formula is C21H35N. The smallest absolute Gasteiger partial charge is 0.0519 e. The minimum Gasteiger partial charge on any atom is -0.289 e. The fraction of sp³-hybridized carbons (Fsp3) is 0.667. The van der Waals surface area contributed by atoms with Gasteiger partial charge >= 0.3 is 0 Å². The lowest BCUT2D eigenvalue weighted by molar-refractivity contribution is 0.342. The van der Waals surface area contributed by atoms with E-state index in [0.29, 0.717) is 6.04 Å². The van der Waals surface area contributed by atoms with Crippen LogP contribution in [0.15, 0.2) is 23.2 Å². The first-order chi connectivity index (χ1) is 9.71. The molecule has 0 saturated carbocycles. The van der Waals surface area contributed by atoms with E-state index >= 15 is 0 Å². The van der Waals surface area contributed by atoms with Crippen molar-refractivity contribution < 1.29 is 0 Å². The summed E-state index contributed by atoms with van der Waals surface area (Å²) in [6, 6.07) is 7.23. The molecule has 0 aliphatic rings. The zero-order valence-corrected chi connectivity index (χ0v) is 16.3. The van der Waals surface area contributed by atoms with Crippen LogP contribution in [0.2, 0.25) is 0 Å². The van der Waals surface area contributed by atoms with Crippen molar-refractivity contribution in [2.75, 3.05) is 0 Å². The molecule has 0 heterocycles. The average Bonchev–Trinajstić information content (AvgIpc) is 2.32. The molecule has 1 rings (SSSR count). The summed E-state index contributed by atoms with van der Waals surface area (Å²) in [6.07, 6.45) is 2.06. The van der Waals surface area contributed by atoms with Gasteiger partial charge in [-0.25, -0.2) is 0 Å². The Morgan fingerprint density at radius 3 is 1.50 bits per heavy atom. The van der Waals surface area contributed by atoms with E-state index in [2.05, 4.69) is 93.7 Å². The Bertz CT molecular complexity index is 498. The summed E-state index contributed by atoms with van der Waals surface area (Å²) in [7, 11) is 0. The van der Waals surface area contributed by atoms with Crippen molar-refractivity contribution in [3.8, 4) is 0 Å². The van der Waals surface area contributed by atoms with Crippen LogP contribution in [0.3, 0.4) is 0 Å². The fourth-order valence-corrected chi connectivity index (χ4v) is 2.01. The van der Waals surface area contributed by atoms with E-state index in [9.17, 15) is 0 Å². The number of rotatable bonds is 2. The molecule has 0 fully saturated rings. The zero-order chi connectivity index (χ0) is 17.3. The highest BCUT2D eigenvalue weighted by molar-refractivity contribution is 5.80. The molecule has 22 heavy (non-hydrogen) atoms. The average molecular weight is 302 g/mol. The molecular weight excluding hydrogens is 266 g/mol. The van der Waals surface area contributed by atoms with E-state index in [1.807, 2.05) is 0 Å². The second-order valence-electron chi connectivity index (χ2n) is 9.66. The number of nitrogens with zero attached hydrogens (tertiary/aromatic N) is 1. The van der Waals surface area contributed by atoms with E-state index in [-0.39, 0.29) is 16.2 Å². The van der Waals surface area contributed by atoms with Gasteiger partial charge in [0.25, 0.3) is 0 Å². The van der Waals surface area contributed by atoms with Crippen LogP contribution >= 0.6 is 0 Å². The highest BCUT2D eigenvalue weighted by Crippen LogP contribution is 2.30. The van der Waals surface area contributed by atoms with Gasteiger partial charge in [-0.1, -0.05) is 68.4 Å². The van der Waals surface area contributed by atoms with Crippen LogP contribution in [0.1, 0.15) is 85.9 Å². The molecule has 0 aromatic heterocycles. The van der Waals surface area contributed by atoms with Crippen LogP contribution in [0.4, 0.5) is 0 Å². The van der Waals surface area contributed by atoms with Crippen molar-refractivity contribution in [2.45, 2.75) is 86.1 Å². The van der Waals surface area contributed by atoms with Crippen molar-refractivity contribution in [3.05, 3.63) is 34.9 Å². The predicted octanol–water partition coefficient (Wildman–Crippen LogP) is 6.14. The molecule has 1 aromatic rings. The van der Waals surface area contributed by atoms with Gasteiger partial charge in [-0.15, -0.1) is 0 Å². The molecule has 1 nitrogen and oxygen atoms in total. The first kappa shape index (κ1) is 18.9. The topological polar surface area (TPSA) is 12.4 Å². The van der Waals surface area contributed by atoms with E-state index in [0.717, 1.165) is 0 Å². The number of hydrogen-bond donors (Lipinski definition) is 0. The largest absolute Gasteiger partial charge is 0.289 e. The van der Waals surface area contributed by atoms with Crippen LogP contribution in [-0.2, 0) is 10.8 Å². The number of aliphatic imine (C=N–C) groups is 1. The van der Waals surface area contributed by atoms with Crippen molar-refractivity contribution in [1.82, 2.24) is 0 Å². The Kier molecular flexibility index (Phi) is 5.32. The standard InChI is InChI=1S/C21H35N/c1-15(19(2,3)4)22-14-16-11-17(20(5,6)7)13-18(12-16)21(8,9)10/h11-15H,1-10H3/b22-14+/t15-/m1/s1. The first-order valence-electron chi connectivity index (χ1n) is 8.40. The lowest BCUT2D eigenvalue weighted by Crippen LogP contribution is -2.21. The Morgan fingerprint density at radius 1 is 0.773 bits per heavy atom. The van der Waals surface area contributed by atoms with Crippen LogP contribution in [0, 0.1) is 5.41 Å². The van der Waals surface area contributed by atoms with Crippen LogP contribution < -0.4 is 0 Å². The summed E-state index contributed by atoms with van der Waals surface area (Å²) in [5.41, 5.74) is 4.48. The molecule has 0 spiro atoms. The normalized spacial score (nSPS) is 15.4. The zero-order valence-electron chi connectivity index (χ0n) is 16.3. The fourth-order valence-electron chi connectivity index (χ4n) is 2.01. The maximum atomic E-state index is 4.79. The third-order valence-electron chi connectivity index (χ3n) is 4.39. The van der Waals surface area contributed by atoms with Crippen molar-refractivity contribution in [1.29, 1.82) is 0 Å². The maximum Gasteiger partial charge on any atom is 0.0519 e. The molecule has 1 atom stereocenters. The van der Waals surface area contributed by atoms with E-state index in [1.54, 1.807) is 0 Å². The lowest BCUT2D eigenvalue weighted by Gasteiger charge is -2.26. The van der Waals surface area contributed by atoms with Gasteiger partial charge in [0, 0.05) is 6.21 Å². The number of benzene rings is 1. The summed E-state index contributed by atoms with van der Waals surface area (Å²) in [6.45, 7) is 22.5. The predicted molar refractivity (Wildman–Crippen MR) is 100 cm³/mol. The van der Waals surface area contributed by atoms with Gasteiger partial charge in [0.15, 0.2) is 0 Å². The molecule has 124 valence electrons. The van der Waals surface area contributed by atoms with Gasteiger partial charge < -0.3 is 0 Å². The minimum atomic E-state index is 0.152. The SMILES string of the molecule is C[C@@H](/N=C/c1cc(C(C)(C)C)cc(C(C)(C)C)c1)C(C)(C)C. The molecule has 1 aromatic carbocycles. The molecule has 0 saturated heterocycles. The summed E-state index contributed by atoms with van der Waals surface area (Å²) in [4.78, 5) is 4.79. The van der Waals surface area contributed by atoms with Gasteiger partial charge in [-0.05, 0) is 52.0 Å². The van der Waals surface area contributed by atoms with Crippen LogP contribution in [0.25, 0.3) is 0 Å². The monoisotopic (exact) mass is 301 g/mol. The maximum absolute atomic E-state index is 4.79. The molecule has 0 amide bonds. The second kappa shape index (κ2) is 6.18.